The third kappa shape index (κ3) is 5.25. The number of benzene rings is 2. The van der Waals surface area contributed by atoms with Gasteiger partial charge in [-0.2, -0.15) is 0 Å². The SMILES string of the molecule is CCOC(=O)C1=C(C)N=C2C[C@H](c3cccc(OC)c3)[C@H](C(=O)OCC)C(=O)C2[C@@H]1c1ccc(Br)cc1. The van der Waals surface area contributed by atoms with Crippen LogP contribution in [0.5, 0.6) is 5.75 Å². The summed E-state index contributed by atoms with van der Waals surface area (Å²) in [7, 11) is 1.57. The van der Waals surface area contributed by atoms with Gasteiger partial charge in [0.2, 0.25) is 0 Å². The summed E-state index contributed by atoms with van der Waals surface area (Å²) < 4.78 is 17.0. The molecule has 194 valence electrons. The molecule has 0 spiro atoms. The number of carbonyl (C=O) groups is 3. The summed E-state index contributed by atoms with van der Waals surface area (Å²) in [6, 6.07) is 14.9. The van der Waals surface area contributed by atoms with Crippen LogP contribution in [0.3, 0.4) is 0 Å². The monoisotopic (exact) mass is 567 g/mol. The van der Waals surface area contributed by atoms with E-state index in [2.05, 4.69) is 15.9 Å². The van der Waals surface area contributed by atoms with Gasteiger partial charge < -0.3 is 14.2 Å². The van der Waals surface area contributed by atoms with Gasteiger partial charge in [0.15, 0.2) is 5.78 Å². The van der Waals surface area contributed by atoms with Crippen LogP contribution in [0.15, 0.2) is 69.3 Å². The average molecular weight is 568 g/mol. The van der Waals surface area contributed by atoms with Crippen molar-refractivity contribution in [3.05, 3.63) is 75.4 Å². The molecule has 2 aromatic rings. The van der Waals surface area contributed by atoms with E-state index in [1.54, 1.807) is 27.9 Å². The Morgan fingerprint density at radius 1 is 1.00 bits per heavy atom. The average Bonchev–Trinajstić information content (AvgIpc) is 2.88. The second kappa shape index (κ2) is 11.4. The summed E-state index contributed by atoms with van der Waals surface area (Å²) in [4.78, 5) is 45.5. The fourth-order valence-electron chi connectivity index (χ4n) is 5.37. The maximum Gasteiger partial charge on any atom is 0.336 e. The smallest absolute Gasteiger partial charge is 0.336 e. The summed E-state index contributed by atoms with van der Waals surface area (Å²) in [5, 5.41) is 0. The Labute approximate surface area is 225 Å². The largest absolute Gasteiger partial charge is 0.497 e. The number of allylic oxidation sites excluding steroid dienone is 1. The summed E-state index contributed by atoms with van der Waals surface area (Å²) in [6.45, 7) is 5.57. The predicted octanol–water partition coefficient (Wildman–Crippen LogP) is 5.39. The number of fused-ring (bicyclic) bond motifs is 1. The van der Waals surface area contributed by atoms with Crippen LogP contribution in [0.4, 0.5) is 0 Å². The molecule has 2 aromatic carbocycles. The highest BCUT2D eigenvalue weighted by atomic mass is 79.9. The Hall–Kier alpha value is -3.26. The van der Waals surface area contributed by atoms with E-state index < -0.39 is 35.6 Å². The van der Waals surface area contributed by atoms with Crippen molar-refractivity contribution in [2.75, 3.05) is 20.3 Å². The molecule has 4 atom stereocenters. The van der Waals surface area contributed by atoms with Crippen molar-refractivity contribution in [1.29, 1.82) is 0 Å². The molecule has 2 aliphatic rings. The number of methoxy groups -OCH3 is 1. The first kappa shape index (κ1) is 26.8. The van der Waals surface area contributed by atoms with Crippen LogP contribution in [-0.2, 0) is 23.9 Å². The van der Waals surface area contributed by atoms with Gasteiger partial charge in [0.25, 0.3) is 0 Å². The number of hydrogen-bond acceptors (Lipinski definition) is 7. The Bertz CT molecular complexity index is 1270. The lowest BCUT2D eigenvalue weighted by atomic mass is 9.62. The molecule has 1 fully saturated rings. The van der Waals surface area contributed by atoms with Gasteiger partial charge in [-0.25, -0.2) is 4.79 Å². The van der Waals surface area contributed by atoms with Crippen molar-refractivity contribution in [1.82, 2.24) is 0 Å². The van der Waals surface area contributed by atoms with Gasteiger partial charge in [-0.05, 0) is 62.6 Å². The molecule has 1 unspecified atom stereocenters. The fourth-order valence-corrected chi connectivity index (χ4v) is 5.64. The van der Waals surface area contributed by atoms with E-state index in [0.717, 1.165) is 15.6 Å². The molecule has 4 rings (SSSR count). The molecule has 1 aliphatic carbocycles. The number of halogens is 1. The second-order valence-electron chi connectivity index (χ2n) is 9.05. The first-order chi connectivity index (χ1) is 17.8. The van der Waals surface area contributed by atoms with Gasteiger partial charge >= 0.3 is 11.9 Å². The molecule has 1 aliphatic heterocycles. The zero-order chi connectivity index (χ0) is 26.7. The lowest BCUT2D eigenvalue weighted by Crippen LogP contribution is -2.48. The number of hydrogen-bond donors (Lipinski definition) is 0. The molecule has 0 aromatic heterocycles. The maximum absolute atomic E-state index is 14.3. The minimum atomic E-state index is -1.05. The third-order valence-corrected chi connectivity index (χ3v) is 7.46. The summed E-state index contributed by atoms with van der Waals surface area (Å²) in [6.07, 6.45) is 0.369. The number of rotatable bonds is 7. The Kier molecular flexibility index (Phi) is 8.27. The zero-order valence-corrected chi connectivity index (χ0v) is 22.9. The van der Waals surface area contributed by atoms with Crippen LogP contribution in [0, 0.1) is 11.8 Å². The number of nitrogens with zero attached hydrogens (tertiary/aromatic N) is 1. The molecule has 0 bridgehead atoms. The molecule has 7 nitrogen and oxygen atoms in total. The molecular formula is C29H30BrNO6. The summed E-state index contributed by atoms with van der Waals surface area (Å²) in [5.74, 6) is -3.69. The maximum atomic E-state index is 14.3. The number of carbonyl (C=O) groups excluding carboxylic acids is 3. The molecule has 8 heteroatoms. The van der Waals surface area contributed by atoms with Crippen molar-refractivity contribution in [3.8, 4) is 5.75 Å². The van der Waals surface area contributed by atoms with Crippen LogP contribution in [0.2, 0.25) is 0 Å². The zero-order valence-electron chi connectivity index (χ0n) is 21.3. The van der Waals surface area contributed by atoms with Crippen LogP contribution in [-0.4, -0.2) is 43.8 Å². The second-order valence-corrected chi connectivity index (χ2v) is 9.96. The number of ether oxygens (including phenoxy) is 3. The minimum Gasteiger partial charge on any atom is -0.497 e. The molecular weight excluding hydrogens is 538 g/mol. The van der Waals surface area contributed by atoms with E-state index >= 15 is 0 Å². The molecule has 0 saturated heterocycles. The van der Waals surface area contributed by atoms with Crippen LogP contribution < -0.4 is 4.74 Å². The van der Waals surface area contributed by atoms with Crippen molar-refractivity contribution < 1.29 is 28.6 Å². The third-order valence-electron chi connectivity index (χ3n) is 6.94. The predicted molar refractivity (Wildman–Crippen MR) is 143 cm³/mol. The van der Waals surface area contributed by atoms with Crippen molar-refractivity contribution in [2.45, 2.75) is 39.0 Å². The van der Waals surface area contributed by atoms with E-state index in [1.807, 2.05) is 48.5 Å². The van der Waals surface area contributed by atoms with Crippen molar-refractivity contribution >= 4 is 39.4 Å². The van der Waals surface area contributed by atoms with Gasteiger partial charge in [0.1, 0.15) is 11.7 Å². The van der Waals surface area contributed by atoms with E-state index in [-0.39, 0.29) is 19.0 Å². The van der Waals surface area contributed by atoms with Crippen LogP contribution >= 0.6 is 15.9 Å². The molecule has 37 heavy (non-hydrogen) atoms. The van der Waals surface area contributed by atoms with Crippen molar-refractivity contribution in [3.63, 3.8) is 0 Å². The highest BCUT2D eigenvalue weighted by Gasteiger charge is 2.53. The molecule has 0 radical (unpaired) electrons. The normalized spacial score (nSPS) is 23.2. The first-order valence-corrected chi connectivity index (χ1v) is 13.1. The minimum absolute atomic E-state index is 0.155. The molecule has 0 amide bonds. The van der Waals surface area contributed by atoms with E-state index in [9.17, 15) is 14.4 Å². The fraction of sp³-hybridized carbons (Fsp3) is 0.379. The molecule has 1 saturated carbocycles. The highest BCUT2D eigenvalue weighted by molar-refractivity contribution is 9.10. The first-order valence-electron chi connectivity index (χ1n) is 12.4. The Morgan fingerprint density at radius 3 is 2.35 bits per heavy atom. The molecule has 0 N–H and O–H groups in total. The van der Waals surface area contributed by atoms with Gasteiger partial charge in [-0.15, -0.1) is 0 Å². The quantitative estimate of drug-likeness (QED) is 0.329. The van der Waals surface area contributed by atoms with Gasteiger partial charge in [-0.3, -0.25) is 14.6 Å². The number of aliphatic imine (C=N–C) groups is 1. The Balaban J connectivity index is 1.89. The molecule has 1 heterocycles. The van der Waals surface area contributed by atoms with E-state index in [0.29, 0.717) is 29.2 Å². The summed E-state index contributed by atoms with van der Waals surface area (Å²) >= 11 is 3.46. The number of ketones is 1. The van der Waals surface area contributed by atoms with Gasteiger partial charge in [0, 0.05) is 27.7 Å². The van der Waals surface area contributed by atoms with Crippen LogP contribution in [0.25, 0.3) is 0 Å². The van der Waals surface area contributed by atoms with Crippen molar-refractivity contribution in [2.24, 2.45) is 16.8 Å². The van der Waals surface area contributed by atoms with Gasteiger partial charge in [-0.1, -0.05) is 40.2 Å². The number of esters is 2. The Morgan fingerprint density at radius 2 is 1.70 bits per heavy atom. The standard InChI is InChI=1S/C29H30BrNO6/c1-5-36-28(33)23-16(3)31-22-15-21(18-8-7-9-20(14-18)35-4)25(29(34)37-6-2)27(32)26(22)24(23)17-10-12-19(30)13-11-17/h7-14,21,24-26H,5-6,15H2,1-4H3/t21-,24-,25+,26?/m1/s1. The number of Topliss-reactive ketones (excluding diaryl/α,β-unsaturated/α-hetero) is 1. The van der Waals surface area contributed by atoms with E-state index in [1.165, 1.54) is 0 Å². The topological polar surface area (TPSA) is 91.3 Å². The van der Waals surface area contributed by atoms with Crippen LogP contribution in [0.1, 0.15) is 50.2 Å². The van der Waals surface area contributed by atoms with Gasteiger partial charge in [0.05, 0.1) is 31.8 Å². The van der Waals surface area contributed by atoms with E-state index in [4.69, 9.17) is 19.2 Å². The summed E-state index contributed by atoms with van der Waals surface area (Å²) in [5.41, 5.74) is 3.08. The lowest BCUT2D eigenvalue weighted by Gasteiger charge is -2.41. The highest BCUT2D eigenvalue weighted by Crippen LogP contribution is 2.48. The lowest BCUT2D eigenvalue weighted by molar-refractivity contribution is -0.153.